The summed E-state index contributed by atoms with van der Waals surface area (Å²) in [5.74, 6) is -0.330. The lowest BCUT2D eigenvalue weighted by Crippen LogP contribution is -2.34. The fraction of sp³-hybridized carbons (Fsp3) is 0.235. The number of aryl methyl sites for hydroxylation is 1. The van der Waals surface area contributed by atoms with Crippen LogP contribution >= 0.6 is 0 Å². The standard InChI is InChI=1S/C17H17F3N2O2/c1-12-6-8-13(9-7-12)10-21-16(23)22-11-14-4-2-3-5-15(14)24-17(18,19)20/h2-9H,10-11H2,1H3,(H2,21,22,23). The lowest BCUT2D eigenvalue weighted by molar-refractivity contribution is -0.274. The van der Waals surface area contributed by atoms with Crippen LogP contribution in [0.15, 0.2) is 48.5 Å². The summed E-state index contributed by atoms with van der Waals surface area (Å²) in [6, 6.07) is 12.8. The van der Waals surface area contributed by atoms with Crippen molar-refractivity contribution in [1.82, 2.24) is 10.6 Å². The Balaban J connectivity index is 1.86. The third-order valence-corrected chi connectivity index (χ3v) is 3.21. The molecule has 2 aromatic rings. The zero-order valence-electron chi connectivity index (χ0n) is 13.0. The van der Waals surface area contributed by atoms with Crippen LogP contribution in [0.3, 0.4) is 0 Å². The molecular formula is C17H17F3N2O2. The first kappa shape index (κ1) is 17.7. The van der Waals surface area contributed by atoms with E-state index in [9.17, 15) is 18.0 Å². The maximum atomic E-state index is 12.3. The number of halogens is 3. The van der Waals surface area contributed by atoms with Gasteiger partial charge in [0.1, 0.15) is 5.75 Å². The van der Waals surface area contributed by atoms with Crippen LogP contribution in [0.1, 0.15) is 16.7 Å². The molecule has 0 aromatic heterocycles. The average molecular weight is 338 g/mol. The number of para-hydroxylation sites is 1. The number of carbonyl (C=O) groups excluding carboxylic acids is 1. The zero-order valence-corrected chi connectivity index (χ0v) is 13.0. The van der Waals surface area contributed by atoms with E-state index in [-0.39, 0.29) is 17.9 Å². The summed E-state index contributed by atoms with van der Waals surface area (Å²) in [6.07, 6.45) is -4.77. The minimum atomic E-state index is -4.77. The van der Waals surface area contributed by atoms with E-state index in [2.05, 4.69) is 15.4 Å². The third-order valence-electron chi connectivity index (χ3n) is 3.21. The van der Waals surface area contributed by atoms with Crippen molar-refractivity contribution in [2.75, 3.05) is 0 Å². The van der Waals surface area contributed by atoms with Gasteiger partial charge in [-0.1, -0.05) is 48.0 Å². The summed E-state index contributed by atoms with van der Waals surface area (Å²) in [5.41, 5.74) is 2.28. The Bertz CT molecular complexity index is 685. The van der Waals surface area contributed by atoms with Crippen LogP contribution in [0, 0.1) is 6.92 Å². The van der Waals surface area contributed by atoms with Gasteiger partial charge in [0.25, 0.3) is 0 Å². The van der Waals surface area contributed by atoms with Gasteiger partial charge in [-0.2, -0.15) is 0 Å². The lowest BCUT2D eigenvalue weighted by atomic mass is 10.1. The van der Waals surface area contributed by atoms with Gasteiger partial charge in [0.05, 0.1) is 0 Å². The van der Waals surface area contributed by atoms with Gasteiger partial charge in [0.2, 0.25) is 0 Å². The van der Waals surface area contributed by atoms with Crippen LogP contribution in [0.4, 0.5) is 18.0 Å². The first-order valence-electron chi connectivity index (χ1n) is 7.24. The normalized spacial score (nSPS) is 11.0. The van der Waals surface area contributed by atoms with Gasteiger partial charge in [-0.3, -0.25) is 0 Å². The Labute approximate surface area is 137 Å². The Hall–Kier alpha value is -2.70. The lowest BCUT2D eigenvalue weighted by Gasteiger charge is -2.14. The van der Waals surface area contributed by atoms with Crippen LogP contribution in [0.25, 0.3) is 0 Å². The number of hydrogen-bond donors (Lipinski definition) is 2. The van der Waals surface area contributed by atoms with Crippen LogP contribution in [-0.4, -0.2) is 12.4 Å². The molecule has 0 heterocycles. The number of alkyl halides is 3. The van der Waals surface area contributed by atoms with E-state index < -0.39 is 12.4 Å². The van der Waals surface area contributed by atoms with Crippen molar-refractivity contribution in [1.29, 1.82) is 0 Å². The van der Waals surface area contributed by atoms with E-state index >= 15 is 0 Å². The van der Waals surface area contributed by atoms with Crippen molar-refractivity contribution >= 4 is 6.03 Å². The van der Waals surface area contributed by atoms with Gasteiger partial charge in [-0.25, -0.2) is 4.79 Å². The molecule has 0 radical (unpaired) electrons. The van der Waals surface area contributed by atoms with E-state index in [0.717, 1.165) is 11.1 Å². The summed E-state index contributed by atoms with van der Waals surface area (Å²) in [5, 5.41) is 5.15. The third kappa shape index (κ3) is 5.83. The number of carbonyl (C=O) groups is 1. The highest BCUT2D eigenvalue weighted by molar-refractivity contribution is 5.73. The van der Waals surface area contributed by atoms with Gasteiger partial charge in [0, 0.05) is 18.7 Å². The predicted molar refractivity (Wildman–Crippen MR) is 83.4 cm³/mol. The first-order chi connectivity index (χ1) is 11.3. The molecule has 2 amide bonds. The van der Waals surface area contributed by atoms with Crippen molar-refractivity contribution in [3.8, 4) is 5.75 Å². The maximum Gasteiger partial charge on any atom is 0.573 e. The molecule has 0 spiro atoms. The quantitative estimate of drug-likeness (QED) is 0.869. The molecule has 0 bridgehead atoms. The SMILES string of the molecule is Cc1ccc(CNC(=O)NCc2ccccc2OC(F)(F)F)cc1. The predicted octanol–water partition coefficient (Wildman–Crippen LogP) is 3.89. The first-order valence-corrected chi connectivity index (χ1v) is 7.24. The minimum absolute atomic E-state index is 0.0774. The average Bonchev–Trinajstić information content (AvgIpc) is 2.52. The molecule has 0 aliphatic carbocycles. The molecule has 24 heavy (non-hydrogen) atoms. The summed E-state index contributed by atoms with van der Waals surface area (Å²) in [7, 11) is 0. The molecule has 2 rings (SSSR count). The number of nitrogens with one attached hydrogen (secondary N) is 2. The molecule has 0 aliphatic heterocycles. The second-order valence-electron chi connectivity index (χ2n) is 5.18. The van der Waals surface area contributed by atoms with Crippen LogP contribution < -0.4 is 15.4 Å². The molecule has 0 unspecified atom stereocenters. The fourth-order valence-corrected chi connectivity index (χ4v) is 2.00. The van der Waals surface area contributed by atoms with Gasteiger partial charge < -0.3 is 15.4 Å². The van der Waals surface area contributed by atoms with Gasteiger partial charge in [-0.05, 0) is 18.6 Å². The minimum Gasteiger partial charge on any atom is -0.405 e. The molecule has 7 heteroatoms. The number of benzene rings is 2. The number of amides is 2. The molecule has 0 saturated heterocycles. The smallest absolute Gasteiger partial charge is 0.405 e. The number of rotatable bonds is 5. The molecule has 0 fully saturated rings. The second kappa shape index (κ2) is 7.72. The van der Waals surface area contributed by atoms with E-state index in [1.165, 1.54) is 18.2 Å². The summed E-state index contributed by atoms with van der Waals surface area (Å²) in [4.78, 5) is 11.8. The van der Waals surface area contributed by atoms with Crippen molar-refractivity contribution in [3.05, 3.63) is 65.2 Å². The summed E-state index contributed by atoms with van der Waals surface area (Å²) in [6.45, 7) is 2.21. The zero-order chi connectivity index (χ0) is 17.6. The van der Waals surface area contributed by atoms with E-state index in [1.54, 1.807) is 6.07 Å². The fourth-order valence-electron chi connectivity index (χ4n) is 2.00. The Morgan fingerprint density at radius 2 is 1.62 bits per heavy atom. The van der Waals surface area contributed by atoms with Crippen LogP contribution in [0.5, 0.6) is 5.75 Å². The highest BCUT2D eigenvalue weighted by Gasteiger charge is 2.31. The molecule has 4 nitrogen and oxygen atoms in total. The summed E-state index contributed by atoms with van der Waals surface area (Å²) < 4.78 is 40.9. The Morgan fingerprint density at radius 1 is 1.00 bits per heavy atom. The number of urea groups is 1. The largest absolute Gasteiger partial charge is 0.573 e. The van der Waals surface area contributed by atoms with Crippen molar-refractivity contribution in [3.63, 3.8) is 0 Å². The van der Waals surface area contributed by atoms with E-state index in [4.69, 9.17) is 0 Å². The topological polar surface area (TPSA) is 50.4 Å². The molecule has 2 aromatic carbocycles. The number of ether oxygens (including phenoxy) is 1. The highest BCUT2D eigenvalue weighted by Crippen LogP contribution is 2.25. The van der Waals surface area contributed by atoms with Gasteiger partial charge >= 0.3 is 12.4 Å². The Morgan fingerprint density at radius 3 is 2.29 bits per heavy atom. The molecule has 0 atom stereocenters. The highest BCUT2D eigenvalue weighted by atomic mass is 19.4. The molecule has 0 saturated carbocycles. The van der Waals surface area contributed by atoms with Crippen molar-refractivity contribution < 1.29 is 22.7 Å². The second-order valence-corrected chi connectivity index (χ2v) is 5.18. The van der Waals surface area contributed by atoms with Crippen LogP contribution in [-0.2, 0) is 13.1 Å². The van der Waals surface area contributed by atoms with Crippen molar-refractivity contribution in [2.24, 2.45) is 0 Å². The van der Waals surface area contributed by atoms with Gasteiger partial charge in [0.15, 0.2) is 0 Å². The summed E-state index contributed by atoms with van der Waals surface area (Å²) >= 11 is 0. The molecule has 128 valence electrons. The van der Waals surface area contributed by atoms with Crippen molar-refractivity contribution in [2.45, 2.75) is 26.4 Å². The molecule has 2 N–H and O–H groups in total. The van der Waals surface area contributed by atoms with E-state index in [0.29, 0.717) is 6.54 Å². The molecular weight excluding hydrogens is 321 g/mol. The monoisotopic (exact) mass is 338 g/mol. The van der Waals surface area contributed by atoms with E-state index in [1.807, 2.05) is 31.2 Å². The maximum absolute atomic E-state index is 12.3. The van der Waals surface area contributed by atoms with Crippen LogP contribution in [0.2, 0.25) is 0 Å². The molecule has 0 aliphatic rings. The number of hydrogen-bond acceptors (Lipinski definition) is 2. The Kier molecular flexibility index (Phi) is 5.68. The van der Waals surface area contributed by atoms with Gasteiger partial charge in [-0.15, -0.1) is 13.2 Å².